The van der Waals surface area contributed by atoms with Crippen molar-refractivity contribution in [1.29, 1.82) is 0 Å². The monoisotopic (exact) mass is 406 g/mol. The second-order valence-corrected chi connectivity index (χ2v) is 7.64. The smallest absolute Gasteiger partial charge is 0.256 e. The van der Waals surface area contributed by atoms with Crippen molar-refractivity contribution < 1.29 is 14.7 Å². The minimum Gasteiger partial charge on any atom is -0.508 e. The Morgan fingerprint density at radius 1 is 1.07 bits per heavy atom. The Balaban J connectivity index is 1.30. The molecule has 0 saturated carbocycles. The van der Waals surface area contributed by atoms with Crippen LogP contribution in [0, 0.1) is 0 Å². The zero-order valence-corrected chi connectivity index (χ0v) is 17.0. The predicted molar refractivity (Wildman–Crippen MR) is 115 cm³/mol. The molecule has 0 bridgehead atoms. The summed E-state index contributed by atoms with van der Waals surface area (Å²) in [5, 5.41) is 13.2. The van der Waals surface area contributed by atoms with Gasteiger partial charge in [0.2, 0.25) is 5.91 Å². The maximum Gasteiger partial charge on any atom is 0.256 e. The summed E-state index contributed by atoms with van der Waals surface area (Å²) in [7, 11) is 0. The van der Waals surface area contributed by atoms with E-state index in [0.717, 1.165) is 16.5 Å². The van der Waals surface area contributed by atoms with Gasteiger partial charge in [0.25, 0.3) is 5.91 Å². The van der Waals surface area contributed by atoms with Gasteiger partial charge in [0.05, 0.1) is 11.6 Å². The molecule has 1 unspecified atom stereocenters. The van der Waals surface area contributed by atoms with Crippen LogP contribution in [-0.2, 0) is 11.3 Å². The number of rotatable bonds is 5. The summed E-state index contributed by atoms with van der Waals surface area (Å²) < 4.78 is 0. The van der Waals surface area contributed by atoms with Gasteiger partial charge in [-0.1, -0.05) is 30.3 Å². The first kappa shape index (κ1) is 20.0. The third-order valence-corrected chi connectivity index (χ3v) is 5.75. The molecule has 1 saturated heterocycles. The molecule has 1 aliphatic heterocycles. The standard InChI is InChI=1S/C23H26N4O3/c1-16(22(29)25-14-17-6-8-18(28)9-7-17)26-10-12-27(13-11-26)23(30)20-15-24-21-5-3-2-4-19(20)21/h2-9,15-16,24,28H,10-14H2,1H3,(H,25,29). The van der Waals surface area contributed by atoms with Crippen LogP contribution in [-0.4, -0.2) is 63.9 Å². The highest BCUT2D eigenvalue weighted by Crippen LogP contribution is 2.20. The van der Waals surface area contributed by atoms with Crippen LogP contribution in [0.5, 0.6) is 5.75 Å². The van der Waals surface area contributed by atoms with Crippen LogP contribution >= 0.6 is 0 Å². The van der Waals surface area contributed by atoms with E-state index in [1.165, 1.54) is 0 Å². The maximum absolute atomic E-state index is 13.0. The van der Waals surface area contributed by atoms with Crippen molar-refractivity contribution in [2.75, 3.05) is 26.2 Å². The highest BCUT2D eigenvalue weighted by molar-refractivity contribution is 6.06. The number of carbonyl (C=O) groups is 2. The van der Waals surface area contributed by atoms with Crippen LogP contribution in [0.3, 0.4) is 0 Å². The molecule has 3 aromatic rings. The number of piperazine rings is 1. The Kier molecular flexibility index (Phi) is 5.72. The molecule has 2 aromatic carbocycles. The fourth-order valence-corrected chi connectivity index (χ4v) is 3.85. The molecule has 0 spiro atoms. The first-order valence-electron chi connectivity index (χ1n) is 10.2. The van der Waals surface area contributed by atoms with Crippen LogP contribution in [0.1, 0.15) is 22.8 Å². The van der Waals surface area contributed by atoms with Crippen LogP contribution in [0.2, 0.25) is 0 Å². The molecule has 4 rings (SSSR count). The number of phenolic OH excluding ortho intramolecular Hbond substituents is 1. The number of nitrogens with zero attached hydrogens (tertiary/aromatic N) is 2. The molecule has 1 fully saturated rings. The molecular weight excluding hydrogens is 380 g/mol. The SMILES string of the molecule is CC(C(=O)NCc1ccc(O)cc1)N1CCN(C(=O)c2c[nH]c3ccccc23)CC1. The number of H-pyrrole nitrogens is 1. The number of para-hydroxylation sites is 1. The van der Waals surface area contributed by atoms with E-state index in [-0.39, 0.29) is 23.6 Å². The first-order valence-corrected chi connectivity index (χ1v) is 10.2. The number of aromatic amines is 1. The van der Waals surface area contributed by atoms with Gasteiger partial charge in [0, 0.05) is 49.8 Å². The zero-order valence-electron chi connectivity index (χ0n) is 17.0. The molecule has 156 valence electrons. The molecule has 2 amide bonds. The molecular formula is C23H26N4O3. The van der Waals surface area contributed by atoms with E-state index in [1.54, 1.807) is 30.5 Å². The summed E-state index contributed by atoms with van der Waals surface area (Å²) in [6.45, 7) is 4.80. The Morgan fingerprint density at radius 2 is 1.77 bits per heavy atom. The minimum absolute atomic E-state index is 0.0246. The summed E-state index contributed by atoms with van der Waals surface area (Å²) in [4.78, 5) is 32.6. The van der Waals surface area contributed by atoms with Crippen LogP contribution in [0.15, 0.2) is 54.7 Å². The maximum atomic E-state index is 13.0. The van der Waals surface area contributed by atoms with E-state index in [9.17, 15) is 14.7 Å². The second-order valence-electron chi connectivity index (χ2n) is 7.64. The third-order valence-electron chi connectivity index (χ3n) is 5.75. The Labute approximate surface area is 175 Å². The lowest BCUT2D eigenvalue weighted by atomic mass is 10.1. The Bertz CT molecular complexity index is 1040. The fourth-order valence-electron chi connectivity index (χ4n) is 3.85. The summed E-state index contributed by atoms with van der Waals surface area (Å²) >= 11 is 0. The van der Waals surface area contributed by atoms with Gasteiger partial charge in [-0.15, -0.1) is 0 Å². The summed E-state index contributed by atoms with van der Waals surface area (Å²) in [6, 6.07) is 14.3. The quantitative estimate of drug-likeness (QED) is 0.607. The van der Waals surface area contributed by atoms with Gasteiger partial charge in [-0.05, 0) is 30.7 Å². The van der Waals surface area contributed by atoms with Crippen LogP contribution in [0.25, 0.3) is 10.9 Å². The average molecular weight is 406 g/mol. The van der Waals surface area contributed by atoms with Crippen molar-refractivity contribution in [3.63, 3.8) is 0 Å². The predicted octanol–water partition coefficient (Wildman–Crippen LogP) is 2.34. The normalized spacial score (nSPS) is 15.8. The van der Waals surface area contributed by atoms with Crippen molar-refractivity contribution in [2.24, 2.45) is 0 Å². The van der Waals surface area contributed by atoms with Crippen molar-refractivity contribution in [2.45, 2.75) is 19.5 Å². The van der Waals surface area contributed by atoms with Gasteiger partial charge < -0.3 is 20.3 Å². The number of carbonyl (C=O) groups excluding carboxylic acids is 2. The summed E-state index contributed by atoms with van der Waals surface area (Å²) in [5.41, 5.74) is 2.58. The number of hydrogen-bond donors (Lipinski definition) is 3. The topological polar surface area (TPSA) is 88.7 Å². The second kappa shape index (κ2) is 8.59. The molecule has 1 aliphatic rings. The fraction of sp³-hybridized carbons (Fsp3) is 0.304. The highest BCUT2D eigenvalue weighted by Gasteiger charge is 2.28. The number of hydrogen-bond acceptors (Lipinski definition) is 4. The van der Waals surface area contributed by atoms with Crippen LogP contribution < -0.4 is 5.32 Å². The van der Waals surface area contributed by atoms with Crippen molar-refractivity contribution in [3.8, 4) is 5.75 Å². The molecule has 7 heteroatoms. The molecule has 0 radical (unpaired) electrons. The van der Waals surface area contributed by atoms with E-state index < -0.39 is 0 Å². The molecule has 1 atom stereocenters. The molecule has 2 heterocycles. The van der Waals surface area contributed by atoms with E-state index in [1.807, 2.05) is 36.1 Å². The van der Waals surface area contributed by atoms with Gasteiger partial charge in [0.15, 0.2) is 0 Å². The van der Waals surface area contributed by atoms with E-state index in [2.05, 4.69) is 15.2 Å². The van der Waals surface area contributed by atoms with Gasteiger partial charge in [-0.2, -0.15) is 0 Å². The lowest BCUT2D eigenvalue weighted by Crippen LogP contribution is -2.54. The van der Waals surface area contributed by atoms with Gasteiger partial charge >= 0.3 is 0 Å². The lowest BCUT2D eigenvalue weighted by molar-refractivity contribution is -0.126. The van der Waals surface area contributed by atoms with E-state index in [0.29, 0.717) is 38.3 Å². The molecule has 30 heavy (non-hydrogen) atoms. The molecule has 0 aliphatic carbocycles. The van der Waals surface area contributed by atoms with Gasteiger partial charge in [-0.25, -0.2) is 0 Å². The zero-order chi connectivity index (χ0) is 21.1. The summed E-state index contributed by atoms with van der Waals surface area (Å²) in [5.74, 6) is 0.189. The minimum atomic E-state index is -0.271. The number of phenols is 1. The van der Waals surface area contributed by atoms with E-state index >= 15 is 0 Å². The molecule has 1 aromatic heterocycles. The molecule has 3 N–H and O–H groups in total. The molecule has 7 nitrogen and oxygen atoms in total. The summed E-state index contributed by atoms with van der Waals surface area (Å²) in [6.07, 6.45) is 1.78. The van der Waals surface area contributed by atoms with Crippen LogP contribution in [0.4, 0.5) is 0 Å². The number of aromatic nitrogens is 1. The largest absolute Gasteiger partial charge is 0.508 e. The number of benzene rings is 2. The average Bonchev–Trinajstić information content (AvgIpc) is 3.22. The number of fused-ring (bicyclic) bond motifs is 1. The Morgan fingerprint density at radius 3 is 2.50 bits per heavy atom. The number of nitrogens with one attached hydrogen (secondary N) is 2. The van der Waals surface area contributed by atoms with Crippen molar-refractivity contribution in [1.82, 2.24) is 20.1 Å². The first-order chi connectivity index (χ1) is 14.5. The van der Waals surface area contributed by atoms with Gasteiger partial charge in [0.1, 0.15) is 5.75 Å². The number of aromatic hydroxyl groups is 1. The number of amides is 2. The van der Waals surface area contributed by atoms with E-state index in [4.69, 9.17) is 0 Å². The van der Waals surface area contributed by atoms with Crippen molar-refractivity contribution >= 4 is 22.7 Å². The van der Waals surface area contributed by atoms with Gasteiger partial charge in [-0.3, -0.25) is 14.5 Å². The van der Waals surface area contributed by atoms with Crippen molar-refractivity contribution in [3.05, 3.63) is 65.9 Å². The Hall–Kier alpha value is -3.32. The lowest BCUT2D eigenvalue weighted by Gasteiger charge is -2.37. The third kappa shape index (κ3) is 4.16. The highest BCUT2D eigenvalue weighted by atomic mass is 16.3.